The zero-order chi connectivity index (χ0) is 24.6. The fourth-order valence-corrected chi connectivity index (χ4v) is 4.98. The summed E-state index contributed by atoms with van der Waals surface area (Å²) in [7, 11) is 1.55. The third-order valence-electron chi connectivity index (χ3n) is 6.07. The summed E-state index contributed by atoms with van der Waals surface area (Å²) in [6, 6.07) is 18.9. The number of nitrogens with zero attached hydrogens (tertiary/aromatic N) is 1. The Morgan fingerprint density at radius 1 is 1.03 bits per heavy atom. The van der Waals surface area contributed by atoms with Crippen molar-refractivity contribution >= 4 is 34.7 Å². The van der Waals surface area contributed by atoms with E-state index in [0.717, 1.165) is 25.7 Å². The number of carbonyl (C=O) groups excluding carboxylic acids is 3. The summed E-state index contributed by atoms with van der Waals surface area (Å²) < 4.78 is 5.38. The van der Waals surface area contributed by atoms with Gasteiger partial charge in [-0.2, -0.15) is 0 Å². The third-order valence-corrected chi connectivity index (χ3v) is 6.94. The molecule has 0 aliphatic heterocycles. The molecule has 182 valence electrons. The summed E-state index contributed by atoms with van der Waals surface area (Å²) in [6.07, 6.45) is 4.01. The van der Waals surface area contributed by atoms with Gasteiger partial charge >= 0.3 is 0 Å². The van der Waals surface area contributed by atoms with Crippen molar-refractivity contribution in [3.8, 4) is 5.75 Å². The first-order chi connectivity index (χ1) is 17.1. The van der Waals surface area contributed by atoms with Gasteiger partial charge in [-0.3, -0.25) is 19.3 Å². The van der Waals surface area contributed by atoms with E-state index in [2.05, 4.69) is 10.6 Å². The van der Waals surface area contributed by atoms with Crippen molar-refractivity contribution in [3.05, 3.63) is 82.6 Å². The maximum Gasteiger partial charge on any atom is 0.261 e. The van der Waals surface area contributed by atoms with Crippen LogP contribution in [0.15, 0.2) is 72.1 Å². The molecule has 1 aliphatic carbocycles. The molecule has 3 amide bonds. The van der Waals surface area contributed by atoms with Gasteiger partial charge in [0.1, 0.15) is 11.8 Å². The highest BCUT2D eigenvalue weighted by molar-refractivity contribution is 7.12. The van der Waals surface area contributed by atoms with Gasteiger partial charge in [0.2, 0.25) is 11.8 Å². The number of hydrogen-bond acceptors (Lipinski definition) is 5. The SMILES string of the molecule is COc1cccc(N(C(=O)CNC(=O)c2cccs2)C(C(=O)NC2CCCC2)c2ccccc2)c1. The molecule has 7 nitrogen and oxygen atoms in total. The summed E-state index contributed by atoms with van der Waals surface area (Å²) in [5, 5.41) is 7.65. The minimum Gasteiger partial charge on any atom is -0.497 e. The smallest absolute Gasteiger partial charge is 0.261 e. The van der Waals surface area contributed by atoms with Crippen LogP contribution in [0.25, 0.3) is 0 Å². The van der Waals surface area contributed by atoms with Crippen LogP contribution in [0.2, 0.25) is 0 Å². The zero-order valence-electron chi connectivity index (χ0n) is 19.6. The molecule has 0 radical (unpaired) electrons. The highest BCUT2D eigenvalue weighted by Gasteiger charge is 2.34. The Labute approximate surface area is 209 Å². The average molecular weight is 492 g/mol. The van der Waals surface area contributed by atoms with Gasteiger partial charge in [0.25, 0.3) is 5.91 Å². The minimum absolute atomic E-state index is 0.0921. The summed E-state index contributed by atoms with van der Waals surface area (Å²) >= 11 is 1.30. The van der Waals surface area contributed by atoms with Crippen LogP contribution in [0.4, 0.5) is 5.69 Å². The van der Waals surface area contributed by atoms with E-state index >= 15 is 0 Å². The first kappa shape index (κ1) is 24.5. The van der Waals surface area contributed by atoms with Crippen molar-refractivity contribution in [3.63, 3.8) is 0 Å². The normalized spacial score (nSPS) is 14.2. The predicted molar refractivity (Wildman–Crippen MR) is 137 cm³/mol. The van der Waals surface area contributed by atoms with E-state index in [9.17, 15) is 14.4 Å². The molecule has 8 heteroatoms. The molecule has 1 unspecified atom stereocenters. The molecular weight excluding hydrogens is 462 g/mol. The van der Waals surface area contributed by atoms with Gasteiger partial charge in [0.15, 0.2) is 0 Å². The van der Waals surface area contributed by atoms with Gasteiger partial charge in [0, 0.05) is 17.8 Å². The maximum atomic E-state index is 13.7. The van der Waals surface area contributed by atoms with Crippen molar-refractivity contribution < 1.29 is 19.1 Å². The fourth-order valence-electron chi connectivity index (χ4n) is 4.34. The highest BCUT2D eigenvalue weighted by Crippen LogP contribution is 2.31. The summed E-state index contributed by atoms with van der Waals surface area (Å²) in [5.74, 6) is -0.418. The van der Waals surface area contributed by atoms with Crippen LogP contribution in [0.5, 0.6) is 5.75 Å². The van der Waals surface area contributed by atoms with Crippen LogP contribution in [-0.4, -0.2) is 37.4 Å². The van der Waals surface area contributed by atoms with Gasteiger partial charge in [0.05, 0.1) is 18.5 Å². The molecule has 35 heavy (non-hydrogen) atoms. The Balaban J connectivity index is 1.68. The van der Waals surface area contributed by atoms with E-state index in [1.807, 2.05) is 30.3 Å². The lowest BCUT2D eigenvalue weighted by atomic mass is 10.0. The second kappa shape index (κ2) is 11.7. The van der Waals surface area contributed by atoms with Crippen LogP contribution >= 0.6 is 11.3 Å². The third kappa shape index (κ3) is 6.08. The molecule has 0 saturated heterocycles. The Kier molecular flexibility index (Phi) is 8.15. The lowest BCUT2D eigenvalue weighted by Gasteiger charge is -2.32. The van der Waals surface area contributed by atoms with E-state index in [4.69, 9.17) is 4.74 Å². The number of thiophene rings is 1. The average Bonchev–Trinajstić information content (AvgIpc) is 3.61. The Morgan fingerprint density at radius 2 is 1.80 bits per heavy atom. The van der Waals surface area contributed by atoms with Crippen LogP contribution in [-0.2, 0) is 9.59 Å². The van der Waals surface area contributed by atoms with Gasteiger partial charge in [-0.05, 0) is 42.0 Å². The second-order valence-corrected chi connectivity index (χ2v) is 9.38. The number of methoxy groups -OCH3 is 1. The number of nitrogens with one attached hydrogen (secondary N) is 2. The second-order valence-electron chi connectivity index (χ2n) is 8.43. The van der Waals surface area contributed by atoms with Gasteiger partial charge in [-0.25, -0.2) is 0 Å². The van der Waals surface area contributed by atoms with Crippen molar-refractivity contribution in [2.24, 2.45) is 0 Å². The summed E-state index contributed by atoms with van der Waals surface area (Å²) in [5.41, 5.74) is 1.19. The number of benzene rings is 2. The summed E-state index contributed by atoms with van der Waals surface area (Å²) in [4.78, 5) is 41.8. The molecule has 2 aromatic carbocycles. The van der Waals surface area contributed by atoms with Crippen LogP contribution in [0, 0.1) is 0 Å². The maximum absolute atomic E-state index is 13.7. The lowest BCUT2D eigenvalue weighted by Crippen LogP contribution is -2.49. The molecule has 2 N–H and O–H groups in total. The van der Waals surface area contributed by atoms with E-state index < -0.39 is 11.9 Å². The molecule has 1 saturated carbocycles. The largest absolute Gasteiger partial charge is 0.497 e. The molecule has 1 heterocycles. The van der Waals surface area contributed by atoms with Crippen LogP contribution < -0.4 is 20.3 Å². The summed E-state index contributed by atoms with van der Waals surface area (Å²) in [6.45, 7) is -0.256. The molecular formula is C27H29N3O4S. The molecule has 1 atom stereocenters. The van der Waals surface area contributed by atoms with Crippen LogP contribution in [0.1, 0.15) is 47.0 Å². The predicted octanol–water partition coefficient (Wildman–Crippen LogP) is 4.32. The first-order valence-electron chi connectivity index (χ1n) is 11.7. The van der Waals surface area contributed by atoms with E-state index in [-0.39, 0.29) is 24.4 Å². The van der Waals surface area contributed by atoms with Crippen molar-refractivity contribution in [2.45, 2.75) is 37.8 Å². The minimum atomic E-state index is -0.907. The fraction of sp³-hybridized carbons (Fsp3) is 0.296. The quantitative estimate of drug-likeness (QED) is 0.467. The van der Waals surface area contributed by atoms with Crippen molar-refractivity contribution in [1.82, 2.24) is 10.6 Å². The topological polar surface area (TPSA) is 87.7 Å². The van der Waals surface area contributed by atoms with Crippen molar-refractivity contribution in [2.75, 3.05) is 18.6 Å². The number of ether oxygens (including phenoxy) is 1. The number of carbonyl (C=O) groups is 3. The molecule has 1 aliphatic rings. The molecule has 3 aromatic rings. The Hall–Kier alpha value is -3.65. The molecule has 0 bridgehead atoms. The number of hydrogen-bond donors (Lipinski definition) is 2. The standard InChI is InChI=1S/C27H29N3O4S/c1-34-22-14-7-13-21(17-22)30(24(31)18-28-26(32)23-15-8-16-35-23)25(19-9-3-2-4-10-19)27(33)29-20-11-5-6-12-20/h2-4,7-10,13-17,20,25H,5-6,11-12,18H2,1H3,(H,28,32)(H,29,33). The van der Waals surface area contributed by atoms with Crippen molar-refractivity contribution in [1.29, 1.82) is 0 Å². The van der Waals surface area contributed by atoms with Gasteiger partial charge < -0.3 is 15.4 Å². The van der Waals surface area contributed by atoms with E-state index in [1.165, 1.54) is 16.2 Å². The van der Waals surface area contributed by atoms with Crippen LogP contribution in [0.3, 0.4) is 0 Å². The van der Waals surface area contributed by atoms with Gasteiger partial charge in [-0.1, -0.05) is 55.3 Å². The highest BCUT2D eigenvalue weighted by atomic mass is 32.1. The first-order valence-corrected chi connectivity index (χ1v) is 12.6. The number of anilines is 1. The Bertz CT molecular complexity index is 1140. The molecule has 4 rings (SSSR count). The Morgan fingerprint density at radius 3 is 2.49 bits per heavy atom. The monoisotopic (exact) mass is 491 g/mol. The van der Waals surface area contributed by atoms with Gasteiger partial charge in [-0.15, -0.1) is 11.3 Å². The lowest BCUT2D eigenvalue weighted by molar-refractivity contribution is -0.126. The molecule has 0 spiro atoms. The molecule has 1 fully saturated rings. The van der Waals surface area contributed by atoms with E-state index in [1.54, 1.807) is 48.9 Å². The number of amides is 3. The number of rotatable bonds is 9. The zero-order valence-corrected chi connectivity index (χ0v) is 20.4. The van der Waals surface area contributed by atoms with E-state index in [0.29, 0.717) is 21.9 Å². The molecule has 1 aromatic heterocycles.